The van der Waals surface area contributed by atoms with Crippen molar-refractivity contribution in [1.29, 1.82) is 5.41 Å². The van der Waals surface area contributed by atoms with Crippen LogP contribution in [0.5, 0.6) is 0 Å². The van der Waals surface area contributed by atoms with Crippen LogP contribution >= 0.6 is 0 Å². The van der Waals surface area contributed by atoms with Crippen molar-refractivity contribution in [3.63, 3.8) is 0 Å². The summed E-state index contributed by atoms with van der Waals surface area (Å²) in [7, 11) is 1.86. The second-order valence-electron chi connectivity index (χ2n) is 4.67. The molecule has 2 aromatic rings. The molecule has 2 aromatic carbocycles. The van der Waals surface area contributed by atoms with Crippen molar-refractivity contribution in [1.82, 2.24) is 0 Å². The molecular weight excluding hydrogens is 258 g/mol. The number of hydrogen-bond acceptors (Lipinski definition) is 3. The Bertz CT molecular complexity index is 699. The van der Waals surface area contributed by atoms with Gasteiger partial charge in [-0.05, 0) is 41.5 Å². The number of nitrogen functional groups attached to an aromatic ring is 1. The number of anilines is 2. The van der Waals surface area contributed by atoms with Crippen molar-refractivity contribution >= 4 is 29.2 Å². The van der Waals surface area contributed by atoms with Gasteiger partial charge in [-0.25, -0.2) is 0 Å². The van der Waals surface area contributed by atoms with Crippen LogP contribution in [0.3, 0.4) is 0 Å². The number of nitrogens with one attached hydrogen (secondary N) is 2. The zero-order valence-electron chi connectivity index (χ0n) is 12.1. The van der Waals surface area contributed by atoms with Crippen LogP contribution in [0.1, 0.15) is 16.7 Å². The molecule has 3 nitrogen and oxygen atoms in total. The summed E-state index contributed by atoms with van der Waals surface area (Å²) in [6.45, 7) is 3.80. The van der Waals surface area contributed by atoms with Crippen LogP contribution in [0.2, 0.25) is 0 Å². The number of nitrogens with two attached hydrogens (primary N) is 1. The fraction of sp³-hybridized carbons (Fsp3) is 0.0556. The zero-order valence-corrected chi connectivity index (χ0v) is 12.1. The molecule has 0 saturated carbocycles. The Morgan fingerprint density at radius 3 is 2.71 bits per heavy atom. The Morgan fingerprint density at radius 1 is 1.24 bits per heavy atom. The molecule has 0 atom stereocenters. The summed E-state index contributed by atoms with van der Waals surface area (Å²) < 4.78 is 0. The van der Waals surface area contributed by atoms with Crippen molar-refractivity contribution in [3.8, 4) is 0 Å². The van der Waals surface area contributed by atoms with Crippen LogP contribution in [0, 0.1) is 5.41 Å². The zero-order chi connectivity index (χ0) is 15.2. The Labute approximate surface area is 125 Å². The molecule has 0 fully saturated rings. The first-order valence-corrected chi connectivity index (χ1v) is 6.71. The predicted molar refractivity (Wildman–Crippen MR) is 92.8 cm³/mol. The number of hydrogen-bond donors (Lipinski definition) is 3. The number of rotatable bonds is 5. The molecule has 21 heavy (non-hydrogen) atoms. The highest BCUT2D eigenvalue weighted by molar-refractivity contribution is 6.11. The second kappa shape index (κ2) is 6.57. The lowest BCUT2D eigenvalue weighted by Crippen LogP contribution is -2.00. The van der Waals surface area contributed by atoms with E-state index in [2.05, 4.69) is 11.9 Å². The molecule has 4 N–H and O–H groups in total. The van der Waals surface area contributed by atoms with E-state index < -0.39 is 0 Å². The van der Waals surface area contributed by atoms with Gasteiger partial charge in [-0.1, -0.05) is 36.9 Å². The highest BCUT2D eigenvalue weighted by Gasteiger charge is 2.04. The molecule has 0 heterocycles. The van der Waals surface area contributed by atoms with E-state index in [0.29, 0.717) is 11.4 Å². The average Bonchev–Trinajstić information content (AvgIpc) is 2.52. The third-order valence-corrected chi connectivity index (χ3v) is 3.21. The number of allylic oxidation sites excluding steroid dienone is 1. The molecule has 0 amide bonds. The molecule has 106 valence electrons. The van der Waals surface area contributed by atoms with Gasteiger partial charge in [0.05, 0.1) is 5.71 Å². The SMILES string of the molecule is C=Cc1ccc(NC)cc1C(=N)/C=C/c1cccc(N)c1. The Hall–Kier alpha value is -2.81. The molecule has 0 aliphatic rings. The minimum Gasteiger partial charge on any atom is -0.399 e. The van der Waals surface area contributed by atoms with Gasteiger partial charge in [-0.2, -0.15) is 0 Å². The lowest BCUT2D eigenvalue weighted by Gasteiger charge is -2.08. The first-order chi connectivity index (χ1) is 10.1. The van der Waals surface area contributed by atoms with Gasteiger partial charge >= 0.3 is 0 Å². The third kappa shape index (κ3) is 3.60. The molecule has 0 aliphatic heterocycles. The highest BCUT2D eigenvalue weighted by Crippen LogP contribution is 2.18. The van der Waals surface area contributed by atoms with E-state index in [1.165, 1.54) is 0 Å². The summed E-state index contributed by atoms with van der Waals surface area (Å²) in [6.07, 6.45) is 5.42. The molecule has 0 spiro atoms. The minimum absolute atomic E-state index is 0.435. The largest absolute Gasteiger partial charge is 0.399 e. The highest BCUT2D eigenvalue weighted by atomic mass is 14.8. The fourth-order valence-electron chi connectivity index (χ4n) is 2.06. The second-order valence-corrected chi connectivity index (χ2v) is 4.67. The lowest BCUT2D eigenvalue weighted by atomic mass is 10.0. The maximum atomic E-state index is 8.26. The molecule has 0 aromatic heterocycles. The third-order valence-electron chi connectivity index (χ3n) is 3.21. The van der Waals surface area contributed by atoms with Crippen molar-refractivity contribution in [2.45, 2.75) is 0 Å². The summed E-state index contributed by atoms with van der Waals surface area (Å²) >= 11 is 0. The van der Waals surface area contributed by atoms with Gasteiger partial charge in [-0.15, -0.1) is 0 Å². The van der Waals surface area contributed by atoms with E-state index in [1.54, 1.807) is 12.2 Å². The first kappa shape index (κ1) is 14.6. The summed E-state index contributed by atoms with van der Waals surface area (Å²) in [5.41, 5.74) is 10.6. The predicted octanol–water partition coefficient (Wildman–Crippen LogP) is 4.03. The van der Waals surface area contributed by atoms with Crippen molar-refractivity contribution in [2.24, 2.45) is 0 Å². The maximum absolute atomic E-state index is 8.26. The summed E-state index contributed by atoms with van der Waals surface area (Å²) in [6, 6.07) is 13.4. The smallest absolute Gasteiger partial charge is 0.0619 e. The Kier molecular flexibility index (Phi) is 4.57. The van der Waals surface area contributed by atoms with E-state index >= 15 is 0 Å². The molecule has 0 aliphatic carbocycles. The van der Waals surface area contributed by atoms with E-state index in [9.17, 15) is 0 Å². The van der Waals surface area contributed by atoms with Crippen LogP contribution in [-0.2, 0) is 0 Å². The molecular formula is C18H19N3. The van der Waals surface area contributed by atoms with Crippen molar-refractivity contribution in [3.05, 3.63) is 71.8 Å². The lowest BCUT2D eigenvalue weighted by molar-refractivity contribution is 1.45. The van der Waals surface area contributed by atoms with Crippen LogP contribution in [-0.4, -0.2) is 12.8 Å². The van der Waals surface area contributed by atoms with Crippen LogP contribution < -0.4 is 11.1 Å². The van der Waals surface area contributed by atoms with Crippen molar-refractivity contribution in [2.75, 3.05) is 18.1 Å². The summed E-state index contributed by atoms with van der Waals surface area (Å²) in [5, 5.41) is 11.3. The summed E-state index contributed by atoms with van der Waals surface area (Å²) in [5.74, 6) is 0. The average molecular weight is 277 g/mol. The van der Waals surface area contributed by atoms with Gasteiger partial charge in [0.15, 0.2) is 0 Å². The quantitative estimate of drug-likeness (QED) is 0.570. The topological polar surface area (TPSA) is 61.9 Å². The van der Waals surface area contributed by atoms with E-state index in [4.69, 9.17) is 11.1 Å². The van der Waals surface area contributed by atoms with Gasteiger partial charge in [0, 0.05) is 24.0 Å². The van der Waals surface area contributed by atoms with E-state index in [1.807, 2.05) is 55.6 Å². The Balaban J connectivity index is 2.29. The van der Waals surface area contributed by atoms with Gasteiger partial charge in [0.25, 0.3) is 0 Å². The molecule has 2 rings (SSSR count). The fourth-order valence-corrected chi connectivity index (χ4v) is 2.06. The molecule has 0 unspecified atom stereocenters. The van der Waals surface area contributed by atoms with Gasteiger partial charge < -0.3 is 16.5 Å². The molecule has 3 heteroatoms. The summed E-state index contributed by atoms with van der Waals surface area (Å²) in [4.78, 5) is 0. The van der Waals surface area contributed by atoms with Crippen LogP contribution in [0.4, 0.5) is 11.4 Å². The van der Waals surface area contributed by atoms with Gasteiger partial charge in [0.2, 0.25) is 0 Å². The van der Waals surface area contributed by atoms with E-state index in [0.717, 1.165) is 22.4 Å². The molecule has 0 radical (unpaired) electrons. The van der Waals surface area contributed by atoms with E-state index in [-0.39, 0.29) is 0 Å². The maximum Gasteiger partial charge on any atom is 0.0619 e. The molecule has 0 saturated heterocycles. The minimum atomic E-state index is 0.435. The van der Waals surface area contributed by atoms with Gasteiger partial charge in [-0.3, -0.25) is 0 Å². The Morgan fingerprint density at radius 2 is 2.05 bits per heavy atom. The normalized spacial score (nSPS) is 10.5. The van der Waals surface area contributed by atoms with Gasteiger partial charge in [0.1, 0.15) is 0 Å². The number of benzene rings is 2. The van der Waals surface area contributed by atoms with Crippen molar-refractivity contribution < 1.29 is 0 Å². The van der Waals surface area contributed by atoms with Crippen LogP contribution in [0.15, 0.2) is 55.1 Å². The standard InChI is InChI=1S/C18H19N3/c1-3-14-8-9-16(21-2)12-17(14)18(20)10-7-13-5-4-6-15(19)11-13/h3-12,20-21H,1,19H2,2H3/b10-7+,20-18?. The van der Waals surface area contributed by atoms with Crippen LogP contribution in [0.25, 0.3) is 12.2 Å². The monoisotopic (exact) mass is 277 g/mol. The first-order valence-electron chi connectivity index (χ1n) is 6.71. The molecule has 0 bridgehead atoms.